The summed E-state index contributed by atoms with van der Waals surface area (Å²) in [7, 11) is 0. The van der Waals surface area contributed by atoms with E-state index in [1.807, 2.05) is 0 Å². The van der Waals surface area contributed by atoms with Crippen LogP contribution in [0.5, 0.6) is 5.75 Å². The first-order valence-corrected chi connectivity index (χ1v) is 4.33. The molecule has 2 heterocycles. The van der Waals surface area contributed by atoms with Crippen molar-refractivity contribution in [2.24, 2.45) is 0 Å². The van der Waals surface area contributed by atoms with Gasteiger partial charge in [0.1, 0.15) is 11.9 Å². The van der Waals surface area contributed by atoms with Gasteiger partial charge in [-0.05, 0) is 12.1 Å². The van der Waals surface area contributed by atoms with E-state index in [0.717, 1.165) is 18.8 Å². The molecule has 1 fully saturated rings. The number of hydrogen-bond donors (Lipinski definition) is 2. The zero-order valence-corrected chi connectivity index (χ0v) is 7.23. The first-order valence-electron chi connectivity index (χ1n) is 4.33. The van der Waals surface area contributed by atoms with Gasteiger partial charge in [0.15, 0.2) is 0 Å². The average Bonchev–Trinajstić information content (AvgIpc) is 2.20. The van der Waals surface area contributed by atoms with E-state index in [1.165, 1.54) is 6.20 Å². The topological polar surface area (TPSA) is 54.4 Å². The molecule has 2 rings (SSSR count). The van der Waals surface area contributed by atoms with Gasteiger partial charge in [-0.3, -0.25) is 4.98 Å². The summed E-state index contributed by atoms with van der Waals surface area (Å²) in [6, 6.07) is 3.41. The van der Waals surface area contributed by atoms with Crippen LogP contribution in [0, 0.1) is 0 Å². The van der Waals surface area contributed by atoms with Crippen LogP contribution < -0.4 is 5.32 Å². The lowest BCUT2D eigenvalue weighted by molar-refractivity contribution is 0.0250. The maximum Gasteiger partial charge on any atom is 0.133 e. The van der Waals surface area contributed by atoms with Crippen LogP contribution in [0.25, 0.3) is 0 Å². The Bertz CT molecular complexity index is 267. The summed E-state index contributed by atoms with van der Waals surface area (Å²) < 4.78 is 5.50. The molecule has 1 aromatic heterocycles. The van der Waals surface area contributed by atoms with E-state index >= 15 is 0 Å². The smallest absolute Gasteiger partial charge is 0.133 e. The number of hydrogen-bond acceptors (Lipinski definition) is 4. The molecule has 13 heavy (non-hydrogen) atoms. The van der Waals surface area contributed by atoms with Crippen LogP contribution in [-0.2, 0) is 4.74 Å². The third-order valence-electron chi connectivity index (χ3n) is 2.03. The van der Waals surface area contributed by atoms with Gasteiger partial charge in [-0.2, -0.15) is 0 Å². The fourth-order valence-corrected chi connectivity index (χ4v) is 1.34. The van der Waals surface area contributed by atoms with Crippen LogP contribution in [0.15, 0.2) is 18.3 Å². The van der Waals surface area contributed by atoms with Crippen molar-refractivity contribution in [2.45, 2.75) is 6.10 Å². The number of aromatic nitrogens is 1. The minimum Gasteiger partial charge on any atom is -0.506 e. The predicted octanol–water partition coefficient (Wildman–Crippen LogP) is 0.448. The maximum atomic E-state index is 9.04. The molecule has 0 amide bonds. The van der Waals surface area contributed by atoms with Gasteiger partial charge in [0.2, 0.25) is 0 Å². The molecule has 0 aromatic carbocycles. The van der Waals surface area contributed by atoms with Crippen molar-refractivity contribution in [3.05, 3.63) is 24.0 Å². The van der Waals surface area contributed by atoms with E-state index in [9.17, 15) is 0 Å². The van der Waals surface area contributed by atoms with Gasteiger partial charge >= 0.3 is 0 Å². The Labute approximate surface area is 76.6 Å². The van der Waals surface area contributed by atoms with Crippen LogP contribution in [0.4, 0.5) is 0 Å². The van der Waals surface area contributed by atoms with Crippen molar-refractivity contribution in [2.75, 3.05) is 19.7 Å². The number of ether oxygens (including phenoxy) is 1. The molecule has 0 aliphatic carbocycles. The Morgan fingerprint density at radius 1 is 1.54 bits per heavy atom. The van der Waals surface area contributed by atoms with E-state index in [0.29, 0.717) is 6.61 Å². The standard InChI is InChI=1S/C9H12N2O2/c12-7-1-2-8(11-5-7)9-6-10-3-4-13-9/h1-2,5,9-10,12H,3-4,6H2. The van der Waals surface area contributed by atoms with Gasteiger partial charge in [-0.25, -0.2) is 0 Å². The second-order valence-corrected chi connectivity index (χ2v) is 3.00. The Morgan fingerprint density at radius 3 is 3.08 bits per heavy atom. The molecule has 0 spiro atoms. The van der Waals surface area contributed by atoms with E-state index in [-0.39, 0.29) is 11.9 Å². The van der Waals surface area contributed by atoms with Crippen LogP contribution in [0.2, 0.25) is 0 Å². The van der Waals surface area contributed by atoms with Crippen LogP contribution in [0.3, 0.4) is 0 Å². The first kappa shape index (κ1) is 8.47. The molecule has 4 heteroatoms. The molecule has 1 aliphatic rings. The molecule has 1 aromatic rings. The second-order valence-electron chi connectivity index (χ2n) is 3.00. The molecular formula is C9H12N2O2. The lowest BCUT2D eigenvalue weighted by Crippen LogP contribution is -2.33. The van der Waals surface area contributed by atoms with E-state index in [1.54, 1.807) is 12.1 Å². The summed E-state index contributed by atoms with van der Waals surface area (Å²) in [5.74, 6) is 0.188. The summed E-state index contributed by atoms with van der Waals surface area (Å²) in [4.78, 5) is 4.09. The molecule has 0 radical (unpaired) electrons. The Hall–Kier alpha value is -1.13. The third kappa shape index (κ3) is 1.96. The zero-order chi connectivity index (χ0) is 9.10. The molecule has 70 valence electrons. The molecule has 1 aliphatic heterocycles. The van der Waals surface area contributed by atoms with E-state index in [2.05, 4.69) is 10.3 Å². The molecular weight excluding hydrogens is 168 g/mol. The monoisotopic (exact) mass is 180 g/mol. The normalized spacial score (nSPS) is 22.9. The fraction of sp³-hybridized carbons (Fsp3) is 0.444. The van der Waals surface area contributed by atoms with E-state index < -0.39 is 0 Å². The molecule has 1 unspecified atom stereocenters. The number of nitrogens with zero attached hydrogens (tertiary/aromatic N) is 1. The quantitative estimate of drug-likeness (QED) is 0.658. The summed E-state index contributed by atoms with van der Waals surface area (Å²) in [5, 5.41) is 12.3. The highest BCUT2D eigenvalue weighted by Crippen LogP contribution is 2.17. The van der Waals surface area contributed by atoms with Crippen molar-refractivity contribution >= 4 is 0 Å². The van der Waals surface area contributed by atoms with Crippen molar-refractivity contribution in [3.63, 3.8) is 0 Å². The summed E-state index contributed by atoms with van der Waals surface area (Å²) in [6.07, 6.45) is 1.46. The van der Waals surface area contributed by atoms with Gasteiger partial charge in [0.05, 0.1) is 18.5 Å². The molecule has 2 N–H and O–H groups in total. The summed E-state index contributed by atoms with van der Waals surface area (Å²) >= 11 is 0. The first-order chi connectivity index (χ1) is 6.36. The SMILES string of the molecule is Oc1ccc(C2CNCCO2)nc1. The van der Waals surface area contributed by atoms with Crippen LogP contribution in [0.1, 0.15) is 11.8 Å². The van der Waals surface area contributed by atoms with Crippen molar-refractivity contribution in [1.82, 2.24) is 10.3 Å². The number of nitrogens with one attached hydrogen (secondary N) is 1. The largest absolute Gasteiger partial charge is 0.506 e. The van der Waals surface area contributed by atoms with Crippen LogP contribution >= 0.6 is 0 Å². The molecule has 1 saturated heterocycles. The van der Waals surface area contributed by atoms with Crippen LogP contribution in [-0.4, -0.2) is 29.8 Å². The number of morpholine rings is 1. The summed E-state index contributed by atoms with van der Waals surface area (Å²) in [6.45, 7) is 2.40. The maximum absolute atomic E-state index is 9.04. The highest BCUT2D eigenvalue weighted by atomic mass is 16.5. The number of pyridine rings is 1. The Kier molecular flexibility index (Phi) is 2.42. The lowest BCUT2D eigenvalue weighted by Gasteiger charge is -2.22. The Balaban J connectivity index is 2.10. The predicted molar refractivity (Wildman–Crippen MR) is 47.5 cm³/mol. The highest BCUT2D eigenvalue weighted by Gasteiger charge is 2.16. The number of rotatable bonds is 1. The average molecular weight is 180 g/mol. The van der Waals surface area contributed by atoms with Gasteiger partial charge < -0.3 is 15.2 Å². The van der Waals surface area contributed by atoms with Crippen molar-refractivity contribution in [3.8, 4) is 5.75 Å². The van der Waals surface area contributed by atoms with Gasteiger partial charge in [-0.15, -0.1) is 0 Å². The van der Waals surface area contributed by atoms with Crippen molar-refractivity contribution in [1.29, 1.82) is 0 Å². The van der Waals surface area contributed by atoms with Gasteiger partial charge in [-0.1, -0.05) is 0 Å². The van der Waals surface area contributed by atoms with Crippen molar-refractivity contribution < 1.29 is 9.84 Å². The molecule has 0 bridgehead atoms. The molecule has 0 saturated carbocycles. The lowest BCUT2D eigenvalue weighted by atomic mass is 10.2. The Morgan fingerprint density at radius 2 is 2.46 bits per heavy atom. The van der Waals surface area contributed by atoms with Gasteiger partial charge in [0.25, 0.3) is 0 Å². The zero-order valence-electron chi connectivity index (χ0n) is 7.23. The minimum atomic E-state index is 0.0225. The molecule has 1 atom stereocenters. The highest BCUT2D eigenvalue weighted by molar-refractivity contribution is 5.19. The summed E-state index contributed by atoms with van der Waals surface area (Å²) in [5.41, 5.74) is 0.866. The fourth-order valence-electron chi connectivity index (χ4n) is 1.34. The second kappa shape index (κ2) is 3.72. The molecule has 4 nitrogen and oxygen atoms in total. The minimum absolute atomic E-state index is 0.0225. The third-order valence-corrected chi connectivity index (χ3v) is 2.03. The van der Waals surface area contributed by atoms with E-state index in [4.69, 9.17) is 9.84 Å². The number of aromatic hydroxyl groups is 1. The van der Waals surface area contributed by atoms with Gasteiger partial charge in [0, 0.05) is 13.1 Å².